The Balaban J connectivity index is 1.79. The second-order valence-corrected chi connectivity index (χ2v) is 6.99. The summed E-state index contributed by atoms with van der Waals surface area (Å²) in [7, 11) is 1.47. The van der Waals surface area contributed by atoms with E-state index in [1.807, 2.05) is 47.0 Å². The Morgan fingerprint density at radius 3 is 2.40 bits per heavy atom. The normalized spacial score (nSPS) is 11.5. The Bertz CT molecular complexity index is 968. The third-order valence-electron chi connectivity index (χ3n) is 4.72. The molecule has 0 aliphatic rings. The lowest BCUT2D eigenvalue weighted by atomic mass is 10.1. The summed E-state index contributed by atoms with van der Waals surface area (Å²) in [5.74, 6) is -0.159. The van der Waals surface area contributed by atoms with E-state index in [0.717, 1.165) is 23.4 Å². The summed E-state index contributed by atoms with van der Waals surface area (Å²) in [5, 5.41) is 0. The number of rotatable bonds is 8. The van der Waals surface area contributed by atoms with Crippen molar-refractivity contribution in [3.63, 3.8) is 0 Å². The minimum atomic E-state index is -4.38. The van der Waals surface area contributed by atoms with Crippen LogP contribution in [-0.2, 0) is 35.3 Å². The van der Waals surface area contributed by atoms with Crippen LogP contribution in [0, 0.1) is 0 Å². The third-order valence-corrected chi connectivity index (χ3v) is 4.72. The molecule has 7 heteroatoms. The average Bonchev–Trinajstić information content (AvgIpc) is 3.14. The van der Waals surface area contributed by atoms with Gasteiger partial charge < -0.3 is 14.2 Å². The maximum atomic E-state index is 13.0. The molecule has 0 atom stereocenters. The summed E-state index contributed by atoms with van der Waals surface area (Å²) in [4.78, 5) is 14.2. The molecular weight excluding hydrogens is 393 g/mol. The number of benzene rings is 2. The number of aromatic nitrogens is 1. The van der Waals surface area contributed by atoms with Crippen LogP contribution in [0.3, 0.4) is 0 Å². The third kappa shape index (κ3) is 5.73. The van der Waals surface area contributed by atoms with Gasteiger partial charge in [-0.3, -0.25) is 4.79 Å². The fourth-order valence-electron chi connectivity index (χ4n) is 3.24. The van der Waals surface area contributed by atoms with Gasteiger partial charge in [-0.1, -0.05) is 42.5 Å². The molecule has 1 aromatic heterocycles. The van der Waals surface area contributed by atoms with E-state index in [9.17, 15) is 18.0 Å². The van der Waals surface area contributed by atoms with Crippen LogP contribution in [0.25, 0.3) is 0 Å². The molecule has 0 radical (unpaired) electrons. The number of ether oxygens (including phenoxy) is 1. The molecular formula is C23H23F3N2O2. The predicted molar refractivity (Wildman–Crippen MR) is 108 cm³/mol. The fourth-order valence-corrected chi connectivity index (χ4v) is 3.24. The highest BCUT2D eigenvalue weighted by Crippen LogP contribution is 2.29. The lowest BCUT2D eigenvalue weighted by Crippen LogP contribution is -2.33. The van der Waals surface area contributed by atoms with Crippen LogP contribution in [0.2, 0.25) is 0 Å². The van der Waals surface area contributed by atoms with E-state index in [0.29, 0.717) is 18.7 Å². The number of amides is 1. The van der Waals surface area contributed by atoms with E-state index >= 15 is 0 Å². The molecule has 0 aliphatic heterocycles. The molecule has 30 heavy (non-hydrogen) atoms. The minimum absolute atomic E-state index is 0.0405. The Labute approximate surface area is 173 Å². The van der Waals surface area contributed by atoms with Crippen LogP contribution >= 0.6 is 0 Å². The van der Waals surface area contributed by atoms with Crippen LogP contribution in [0.5, 0.6) is 0 Å². The van der Waals surface area contributed by atoms with Gasteiger partial charge in [-0.25, -0.2) is 0 Å². The van der Waals surface area contributed by atoms with Crippen molar-refractivity contribution in [2.24, 2.45) is 0 Å². The van der Waals surface area contributed by atoms with Gasteiger partial charge in [0.2, 0.25) is 5.91 Å². The van der Waals surface area contributed by atoms with E-state index < -0.39 is 11.7 Å². The molecule has 2 aromatic carbocycles. The summed E-state index contributed by atoms with van der Waals surface area (Å²) < 4.78 is 45.9. The summed E-state index contributed by atoms with van der Waals surface area (Å²) in [6.45, 7) is 0.978. The minimum Gasteiger partial charge on any atom is -0.375 e. The zero-order valence-electron chi connectivity index (χ0n) is 16.6. The van der Waals surface area contributed by atoms with Gasteiger partial charge in [0.25, 0.3) is 0 Å². The molecule has 3 rings (SSSR count). The smallest absolute Gasteiger partial charge is 0.375 e. The quantitative estimate of drug-likeness (QED) is 0.532. The lowest BCUT2D eigenvalue weighted by Gasteiger charge is -2.24. The molecule has 0 saturated carbocycles. The van der Waals surface area contributed by atoms with Crippen LogP contribution in [0.4, 0.5) is 13.2 Å². The first-order valence-corrected chi connectivity index (χ1v) is 9.47. The number of carbonyl (C=O) groups is 1. The first kappa shape index (κ1) is 21.6. The number of carbonyl (C=O) groups excluding carboxylic acids is 1. The molecule has 0 bridgehead atoms. The molecule has 0 unspecified atom stereocenters. The standard InChI is InChI=1S/C23H23F3N2O2/c1-30-17-22(29)28(14-18-7-3-2-4-8-18)16-21-11-6-12-27(21)15-19-9-5-10-20(13-19)23(24,25)26/h2-13H,14-17H2,1H3. The number of hydrogen-bond donors (Lipinski definition) is 0. The van der Waals surface area contributed by atoms with Gasteiger partial charge in [0.15, 0.2) is 0 Å². The van der Waals surface area contributed by atoms with Crippen molar-refractivity contribution in [1.82, 2.24) is 9.47 Å². The highest BCUT2D eigenvalue weighted by molar-refractivity contribution is 5.77. The highest BCUT2D eigenvalue weighted by Gasteiger charge is 2.30. The van der Waals surface area contributed by atoms with Crippen molar-refractivity contribution in [3.8, 4) is 0 Å². The second-order valence-electron chi connectivity index (χ2n) is 6.99. The van der Waals surface area contributed by atoms with Crippen molar-refractivity contribution in [2.75, 3.05) is 13.7 Å². The number of hydrogen-bond acceptors (Lipinski definition) is 2. The van der Waals surface area contributed by atoms with Gasteiger partial charge in [0.05, 0.1) is 12.1 Å². The van der Waals surface area contributed by atoms with Gasteiger partial charge in [-0.15, -0.1) is 0 Å². The molecule has 0 N–H and O–H groups in total. The van der Waals surface area contributed by atoms with Crippen LogP contribution in [-0.4, -0.2) is 29.1 Å². The number of methoxy groups -OCH3 is 1. The topological polar surface area (TPSA) is 34.5 Å². The molecule has 158 valence electrons. The van der Waals surface area contributed by atoms with Crippen LogP contribution in [0.15, 0.2) is 72.9 Å². The maximum Gasteiger partial charge on any atom is 0.416 e. The Morgan fingerprint density at radius 1 is 0.967 bits per heavy atom. The van der Waals surface area contributed by atoms with E-state index in [2.05, 4.69) is 0 Å². The summed E-state index contributed by atoms with van der Waals surface area (Å²) in [6.07, 6.45) is -2.58. The van der Waals surface area contributed by atoms with Crippen molar-refractivity contribution < 1.29 is 22.7 Å². The molecule has 4 nitrogen and oxygen atoms in total. The molecule has 0 saturated heterocycles. The van der Waals surface area contributed by atoms with Crippen molar-refractivity contribution in [1.29, 1.82) is 0 Å². The molecule has 1 amide bonds. The lowest BCUT2D eigenvalue weighted by molar-refractivity contribution is -0.138. The Kier molecular flexibility index (Phi) is 6.95. The van der Waals surface area contributed by atoms with Crippen molar-refractivity contribution in [2.45, 2.75) is 25.8 Å². The predicted octanol–water partition coefficient (Wildman–Crippen LogP) is 4.73. The SMILES string of the molecule is COCC(=O)N(Cc1ccccc1)Cc1cccn1Cc1cccc(C(F)(F)F)c1. The molecule has 0 aliphatic carbocycles. The van der Waals surface area contributed by atoms with E-state index in [1.165, 1.54) is 13.2 Å². The molecule has 3 aromatic rings. The van der Waals surface area contributed by atoms with Gasteiger partial charge in [0, 0.05) is 32.1 Å². The summed E-state index contributed by atoms with van der Waals surface area (Å²) >= 11 is 0. The van der Waals surface area contributed by atoms with Gasteiger partial charge in [-0.05, 0) is 35.4 Å². The maximum absolute atomic E-state index is 13.0. The zero-order valence-corrected chi connectivity index (χ0v) is 16.6. The summed E-state index contributed by atoms with van der Waals surface area (Å²) in [6, 6.07) is 18.6. The number of halogens is 3. The number of nitrogens with zero attached hydrogens (tertiary/aromatic N) is 2. The van der Waals surface area contributed by atoms with Gasteiger partial charge in [-0.2, -0.15) is 13.2 Å². The van der Waals surface area contributed by atoms with Crippen molar-refractivity contribution in [3.05, 3.63) is 95.3 Å². The number of alkyl halides is 3. The van der Waals surface area contributed by atoms with Crippen molar-refractivity contribution >= 4 is 5.91 Å². The first-order chi connectivity index (χ1) is 14.4. The van der Waals surface area contributed by atoms with Gasteiger partial charge >= 0.3 is 6.18 Å². The monoisotopic (exact) mass is 416 g/mol. The molecule has 0 fully saturated rings. The van der Waals surface area contributed by atoms with Gasteiger partial charge in [0.1, 0.15) is 6.61 Å². The second kappa shape index (κ2) is 9.63. The van der Waals surface area contributed by atoms with E-state index in [4.69, 9.17) is 4.74 Å². The summed E-state index contributed by atoms with van der Waals surface area (Å²) in [5.41, 5.74) is 1.68. The Morgan fingerprint density at radius 2 is 1.70 bits per heavy atom. The van der Waals surface area contributed by atoms with Crippen LogP contribution < -0.4 is 0 Å². The Hall–Kier alpha value is -3.06. The average molecular weight is 416 g/mol. The van der Waals surface area contributed by atoms with Crippen LogP contribution in [0.1, 0.15) is 22.4 Å². The highest BCUT2D eigenvalue weighted by atomic mass is 19.4. The van der Waals surface area contributed by atoms with E-state index in [-0.39, 0.29) is 19.1 Å². The zero-order chi connectivity index (χ0) is 21.6. The van der Waals surface area contributed by atoms with E-state index in [1.54, 1.807) is 17.2 Å². The molecule has 1 heterocycles. The largest absolute Gasteiger partial charge is 0.416 e. The molecule has 0 spiro atoms. The first-order valence-electron chi connectivity index (χ1n) is 9.47. The fraction of sp³-hybridized carbons (Fsp3) is 0.261.